The van der Waals surface area contributed by atoms with Crippen LogP contribution in [0.25, 0.3) is 0 Å². The van der Waals surface area contributed by atoms with Crippen molar-refractivity contribution in [1.82, 2.24) is 30.3 Å². The first-order valence-electron chi connectivity index (χ1n) is 10.9. The van der Waals surface area contributed by atoms with Crippen molar-refractivity contribution < 1.29 is 4.74 Å². The molecule has 1 atom stereocenters. The van der Waals surface area contributed by atoms with Crippen LogP contribution in [0.3, 0.4) is 0 Å². The summed E-state index contributed by atoms with van der Waals surface area (Å²) in [6.45, 7) is 5.53. The second-order valence-electron chi connectivity index (χ2n) is 8.16. The van der Waals surface area contributed by atoms with Crippen LogP contribution in [0.1, 0.15) is 42.0 Å². The largest absolute Gasteiger partial charge is 0.377 e. The Bertz CT molecular complexity index is 840. The van der Waals surface area contributed by atoms with Gasteiger partial charge in [0, 0.05) is 39.7 Å². The van der Waals surface area contributed by atoms with Crippen molar-refractivity contribution in [3.63, 3.8) is 0 Å². The first-order valence-corrected chi connectivity index (χ1v) is 10.9. The molecule has 2 aliphatic rings. The number of hydrogen-bond donors (Lipinski definition) is 2. The van der Waals surface area contributed by atoms with Gasteiger partial charge >= 0.3 is 0 Å². The Balaban J connectivity index is 1.25. The quantitative estimate of drug-likeness (QED) is 0.533. The molecular formula is C22H33N7O. The average Bonchev–Trinajstić information content (AvgIpc) is 3.41. The van der Waals surface area contributed by atoms with E-state index < -0.39 is 0 Å². The van der Waals surface area contributed by atoms with E-state index in [1.54, 1.807) is 7.11 Å². The summed E-state index contributed by atoms with van der Waals surface area (Å²) >= 11 is 0. The molecule has 0 bridgehead atoms. The molecule has 162 valence electrons. The number of aryl methyl sites for hydroxylation is 1. The van der Waals surface area contributed by atoms with E-state index >= 15 is 0 Å². The zero-order valence-electron chi connectivity index (χ0n) is 18.1. The molecule has 0 saturated carbocycles. The van der Waals surface area contributed by atoms with Crippen LogP contribution in [-0.4, -0.2) is 58.9 Å². The van der Waals surface area contributed by atoms with Gasteiger partial charge in [-0.2, -0.15) is 5.10 Å². The molecule has 1 aromatic heterocycles. The van der Waals surface area contributed by atoms with Gasteiger partial charge in [0.15, 0.2) is 11.8 Å². The highest BCUT2D eigenvalue weighted by molar-refractivity contribution is 5.79. The predicted octanol–water partition coefficient (Wildman–Crippen LogP) is 1.70. The SMILES string of the molecule is CN=C(NCc1ccc(CN2CCCC2)cc1)NC1CCc2nc(COC)nn2C1. The summed E-state index contributed by atoms with van der Waals surface area (Å²) in [5.74, 6) is 2.61. The number of aromatic nitrogens is 3. The molecule has 0 aliphatic carbocycles. The van der Waals surface area contributed by atoms with Crippen molar-refractivity contribution in [2.75, 3.05) is 27.2 Å². The lowest BCUT2D eigenvalue weighted by Gasteiger charge is -2.25. The van der Waals surface area contributed by atoms with Crippen molar-refractivity contribution in [3.8, 4) is 0 Å². The number of aliphatic imine (C=N–C) groups is 1. The van der Waals surface area contributed by atoms with E-state index in [1.807, 2.05) is 11.7 Å². The molecule has 2 aliphatic heterocycles. The van der Waals surface area contributed by atoms with E-state index in [9.17, 15) is 0 Å². The van der Waals surface area contributed by atoms with Gasteiger partial charge in [0.2, 0.25) is 0 Å². The van der Waals surface area contributed by atoms with Crippen LogP contribution in [0, 0.1) is 0 Å². The lowest BCUT2D eigenvalue weighted by Crippen LogP contribution is -2.46. The first-order chi connectivity index (χ1) is 14.7. The zero-order chi connectivity index (χ0) is 20.8. The van der Waals surface area contributed by atoms with Gasteiger partial charge in [-0.05, 0) is 43.5 Å². The molecule has 4 rings (SSSR count). The van der Waals surface area contributed by atoms with E-state index in [2.05, 4.69) is 54.9 Å². The smallest absolute Gasteiger partial charge is 0.191 e. The maximum absolute atomic E-state index is 5.14. The number of hydrogen-bond acceptors (Lipinski definition) is 5. The second kappa shape index (κ2) is 10.0. The van der Waals surface area contributed by atoms with E-state index in [4.69, 9.17) is 4.74 Å². The second-order valence-corrected chi connectivity index (χ2v) is 8.16. The fraction of sp³-hybridized carbons (Fsp3) is 0.591. The first kappa shape index (κ1) is 20.8. The third-order valence-corrected chi connectivity index (χ3v) is 5.83. The summed E-state index contributed by atoms with van der Waals surface area (Å²) in [4.78, 5) is 11.5. The Hall–Kier alpha value is -2.45. The highest BCUT2D eigenvalue weighted by Gasteiger charge is 2.22. The third kappa shape index (κ3) is 5.37. The number of guanidine groups is 1. The monoisotopic (exact) mass is 411 g/mol. The number of fused-ring (bicyclic) bond motifs is 1. The van der Waals surface area contributed by atoms with E-state index in [1.165, 1.54) is 37.1 Å². The molecule has 1 unspecified atom stereocenters. The molecular weight excluding hydrogens is 378 g/mol. The van der Waals surface area contributed by atoms with Crippen molar-refractivity contribution in [1.29, 1.82) is 0 Å². The number of benzene rings is 1. The predicted molar refractivity (Wildman–Crippen MR) is 117 cm³/mol. The van der Waals surface area contributed by atoms with Crippen LogP contribution in [0.15, 0.2) is 29.3 Å². The highest BCUT2D eigenvalue weighted by Crippen LogP contribution is 2.15. The normalized spacial score (nSPS) is 19.7. The highest BCUT2D eigenvalue weighted by atomic mass is 16.5. The standard InChI is InChI=1S/C22H33N7O/c1-23-22(25-19-9-10-21-26-20(16-30-2)27-29(21)15-19)24-13-17-5-7-18(8-6-17)14-28-11-3-4-12-28/h5-8,19H,3-4,9-16H2,1-2H3,(H2,23,24,25). The minimum absolute atomic E-state index is 0.281. The van der Waals surface area contributed by atoms with Crippen LogP contribution >= 0.6 is 0 Å². The molecule has 1 aromatic carbocycles. The lowest BCUT2D eigenvalue weighted by molar-refractivity contribution is 0.177. The summed E-state index contributed by atoms with van der Waals surface area (Å²) in [6.07, 6.45) is 4.59. The van der Waals surface area contributed by atoms with Crippen molar-refractivity contribution >= 4 is 5.96 Å². The lowest BCUT2D eigenvalue weighted by atomic mass is 10.1. The Morgan fingerprint density at radius 2 is 1.97 bits per heavy atom. The third-order valence-electron chi connectivity index (χ3n) is 5.83. The van der Waals surface area contributed by atoms with E-state index in [0.29, 0.717) is 6.61 Å². The number of rotatable bonds is 7. The average molecular weight is 412 g/mol. The van der Waals surface area contributed by atoms with Crippen LogP contribution in [0.2, 0.25) is 0 Å². The maximum Gasteiger partial charge on any atom is 0.191 e. The van der Waals surface area contributed by atoms with Gasteiger partial charge in [0.05, 0.1) is 6.54 Å². The fourth-order valence-corrected chi connectivity index (χ4v) is 4.20. The Morgan fingerprint density at radius 3 is 2.70 bits per heavy atom. The Morgan fingerprint density at radius 1 is 1.20 bits per heavy atom. The van der Waals surface area contributed by atoms with Gasteiger partial charge in [-0.3, -0.25) is 9.89 Å². The number of ether oxygens (including phenoxy) is 1. The minimum atomic E-state index is 0.281. The van der Waals surface area contributed by atoms with Gasteiger partial charge in [-0.25, -0.2) is 9.67 Å². The maximum atomic E-state index is 5.14. The van der Waals surface area contributed by atoms with Gasteiger partial charge in [-0.1, -0.05) is 24.3 Å². The molecule has 1 fully saturated rings. The fourth-order valence-electron chi connectivity index (χ4n) is 4.20. The molecule has 2 N–H and O–H groups in total. The summed E-state index contributed by atoms with van der Waals surface area (Å²) in [5.41, 5.74) is 2.65. The van der Waals surface area contributed by atoms with Crippen LogP contribution < -0.4 is 10.6 Å². The van der Waals surface area contributed by atoms with Gasteiger partial charge in [-0.15, -0.1) is 0 Å². The Labute approximate surface area is 178 Å². The molecule has 3 heterocycles. The molecule has 8 nitrogen and oxygen atoms in total. The molecule has 0 radical (unpaired) electrons. The molecule has 2 aromatic rings. The summed E-state index contributed by atoms with van der Waals surface area (Å²) < 4.78 is 7.13. The van der Waals surface area contributed by atoms with Crippen molar-refractivity contribution in [2.45, 2.75) is 58.0 Å². The number of likely N-dealkylation sites (tertiary alicyclic amines) is 1. The zero-order valence-corrected chi connectivity index (χ0v) is 18.1. The van der Waals surface area contributed by atoms with Crippen LogP contribution in [-0.2, 0) is 37.4 Å². The van der Waals surface area contributed by atoms with Crippen molar-refractivity contribution in [2.24, 2.45) is 4.99 Å². The Kier molecular flexibility index (Phi) is 6.96. The molecule has 30 heavy (non-hydrogen) atoms. The molecule has 0 spiro atoms. The summed E-state index contributed by atoms with van der Waals surface area (Å²) in [5, 5.41) is 11.5. The minimum Gasteiger partial charge on any atom is -0.377 e. The molecule has 8 heteroatoms. The number of nitrogens with zero attached hydrogens (tertiary/aromatic N) is 5. The number of nitrogens with one attached hydrogen (secondary N) is 2. The van der Waals surface area contributed by atoms with Gasteiger partial charge < -0.3 is 15.4 Å². The molecule has 1 saturated heterocycles. The van der Waals surface area contributed by atoms with E-state index in [-0.39, 0.29) is 6.04 Å². The van der Waals surface area contributed by atoms with Gasteiger partial charge in [0.25, 0.3) is 0 Å². The van der Waals surface area contributed by atoms with Gasteiger partial charge in [0.1, 0.15) is 12.4 Å². The summed E-state index contributed by atoms with van der Waals surface area (Å²) in [6, 6.07) is 9.20. The van der Waals surface area contributed by atoms with Crippen LogP contribution in [0.4, 0.5) is 0 Å². The topological polar surface area (TPSA) is 79.6 Å². The van der Waals surface area contributed by atoms with Crippen molar-refractivity contribution in [3.05, 3.63) is 47.0 Å². The van der Waals surface area contributed by atoms with E-state index in [0.717, 1.165) is 50.1 Å². The number of methoxy groups -OCH3 is 1. The summed E-state index contributed by atoms with van der Waals surface area (Å²) in [7, 11) is 3.48. The van der Waals surface area contributed by atoms with Crippen LogP contribution in [0.5, 0.6) is 0 Å². The molecule has 0 amide bonds.